The lowest BCUT2D eigenvalue weighted by Gasteiger charge is -2.29. The second-order valence-electron chi connectivity index (χ2n) is 10.3. The Kier molecular flexibility index (Phi) is 6.06. The molecule has 186 valence electrons. The number of benzene rings is 2. The van der Waals surface area contributed by atoms with Gasteiger partial charge in [0.25, 0.3) is 5.91 Å². The molecule has 0 bridgehead atoms. The predicted octanol–water partition coefficient (Wildman–Crippen LogP) is 2.74. The van der Waals surface area contributed by atoms with Crippen LogP contribution in [0.2, 0.25) is 0 Å². The Balaban J connectivity index is 1.28. The Labute approximate surface area is 203 Å². The zero-order valence-electron chi connectivity index (χ0n) is 20.1. The quantitative estimate of drug-likeness (QED) is 0.374. The SMILES string of the molecule is CC(C)(CCn1c(=O)n(CC2CC2)c2ccccc21)NCC(O)c1cc(O)cc2c1OCC(=O)N2. The topological polar surface area (TPSA) is 118 Å². The van der Waals surface area contributed by atoms with Crippen molar-refractivity contribution in [2.75, 3.05) is 18.5 Å². The van der Waals surface area contributed by atoms with Crippen molar-refractivity contribution >= 4 is 22.6 Å². The number of aromatic hydroxyl groups is 1. The summed E-state index contributed by atoms with van der Waals surface area (Å²) in [6.45, 7) is 5.45. The summed E-state index contributed by atoms with van der Waals surface area (Å²) in [4.78, 5) is 24.8. The molecule has 4 N–H and O–H groups in total. The van der Waals surface area contributed by atoms with Gasteiger partial charge >= 0.3 is 5.69 Å². The number of carbonyl (C=O) groups is 1. The van der Waals surface area contributed by atoms with Crippen LogP contribution in [0.25, 0.3) is 11.0 Å². The van der Waals surface area contributed by atoms with Crippen molar-refractivity contribution in [3.05, 3.63) is 52.4 Å². The van der Waals surface area contributed by atoms with E-state index in [1.54, 1.807) is 0 Å². The third kappa shape index (κ3) is 4.92. The standard InChI is InChI=1S/C26H32N4O5/c1-26(2,27-13-22(32)18-11-17(31)12-19-24(18)35-15-23(33)28-19)9-10-29-20-5-3-4-6-21(20)30(25(29)34)14-16-7-8-16/h3-6,11-12,16,22,27,31-32H,7-10,13-15H2,1-2H3,(H,28,33). The van der Waals surface area contributed by atoms with Crippen molar-refractivity contribution in [3.63, 3.8) is 0 Å². The van der Waals surface area contributed by atoms with E-state index in [4.69, 9.17) is 4.74 Å². The predicted molar refractivity (Wildman–Crippen MR) is 133 cm³/mol. The number of phenolic OH excluding ortho intramolecular Hbond substituents is 1. The Morgan fingerprint density at radius 2 is 1.89 bits per heavy atom. The molecule has 2 aliphatic rings. The minimum Gasteiger partial charge on any atom is -0.508 e. The van der Waals surface area contributed by atoms with Gasteiger partial charge < -0.3 is 25.6 Å². The summed E-state index contributed by atoms with van der Waals surface area (Å²) in [5.41, 5.74) is 2.32. The summed E-state index contributed by atoms with van der Waals surface area (Å²) in [6.07, 6.45) is 2.07. The van der Waals surface area contributed by atoms with Crippen LogP contribution in [-0.2, 0) is 17.9 Å². The molecule has 2 aromatic carbocycles. The number of fused-ring (bicyclic) bond motifs is 2. The number of aryl methyl sites for hydroxylation is 1. The highest BCUT2D eigenvalue weighted by Gasteiger charge is 2.27. The molecular weight excluding hydrogens is 448 g/mol. The zero-order chi connectivity index (χ0) is 24.7. The number of β-amino-alcohol motifs (C(OH)–C–C–N with tert-alkyl or cyclic N) is 1. The van der Waals surface area contributed by atoms with E-state index in [0.717, 1.165) is 17.6 Å². The van der Waals surface area contributed by atoms with Crippen LogP contribution in [-0.4, -0.2) is 43.9 Å². The third-order valence-corrected chi connectivity index (χ3v) is 6.88. The molecule has 9 nitrogen and oxygen atoms in total. The van der Waals surface area contributed by atoms with Crippen LogP contribution in [0.1, 0.15) is 44.8 Å². The number of amides is 1. The number of anilines is 1. The number of para-hydroxylation sites is 2. The zero-order valence-corrected chi connectivity index (χ0v) is 20.1. The number of aliphatic hydroxyl groups is 1. The first kappa shape index (κ1) is 23.4. The van der Waals surface area contributed by atoms with Gasteiger partial charge in [0, 0.05) is 36.8 Å². The molecule has 5 rings (SSSR count). The number of rotatable bonds is 9. The first-order chi connectivity index (χ1) is 16.7. The van der Waals surface area contributed by atoms with Crippen molar-refractivity contribution in [1.82, 2.24) is 14.5 Å². The van der Waals surface area contributed by atoms with Crippen LogP contribution in [0.3, 0.4) is 0 Å². The van der Waals surface area contributed by atoms with E-state index in [9.17, 15) is 19.8 Å². The van der Waals surface area contributed by atoms with Crippen molar-refractivity contribution in [2.24, 2.45) is 5.92 Å². The number of hydrogen-bond donors (Lipinski definition) is 4. The Bertz CT molecular complexity index is 1320. The average Bonchev–Trinajstić information content (AvgIpc) is 3.60. The molecule has 1 saturated carbocycles. The molecule has 0 spiro atoms. The molecule has 2 heterocycles. The van der Waals surface area contributed by atoms with Crippen molar-refractivity contribution in [2.45, 2.75) is 57.8 Å². The van der Waals surface area contributed by atoms with E-state index >= 15 is 0 Å². The number of aromatic nitrogens is 2. The Morgan fingerprint density at radius 3 is 2.60 bits per heavy atom. The molecule has 1 aliphatic heterocycles. The highest BCUT2D eigenvalue weighted by molar-refractivity contribution is 5.96. The van der Waals surface area contributed by atoms with Crippen LogP contribution in [0.5, 0.6) is 11.5 Å². The van der Waals surface area contributed by atoms with Crippen molar-refractivity contribution in [1.29, 1.82) is 0 Å². The van der Waals surface area contributed by atoms with Crippen molar-refractivity contribution in [3.8, 4) is 11.5 Å². The van der Waals surface area contributed by atoms with Gasteiger partial charge in [-0.25, -0.2) is 4.79 Å². The molecule has 1 aliphatic carbocycles. The van der Waals surface area contributed by atoms with E-state index in [1.807, 2.05) is 47.2 Å². The summed E-state index contributed by atoms with van der Waals surface area (Å²) in [7, 11) is 0. The van der Waals surface area contributed by atoms with Crippen molar-refractivity contribution < 1.29 is 19.7 Å². The molecule has 1 atom stereocenters. The number of carbonyl (C=O) groups excluding carboxylic acids is 1. The molecule has 35 heavy (non-hydrogen) atoms. The van der Waals surface area contributed by atoms with Gasteiger partial charge in [-0.2, -0.15) is 0 Å². The highest BCUT2D eigenvalue weighted by Crippen LogP contribution is 2.38. The second kappa shape index (κ2) is 9.05. The maximum absolute atomic E-state index is 13.2. The maximum atomic E-state index is 13.2. The number of aliphatic hydroxyl groups excluding tert-OH is 1. The minimum atomic E-state index is -0.965. The van der Waals surface area contributed by atoms with Gasteiger partial charge in [-0.1, -0.05) is 12.1 Å². The molecule has 1 aromatic heterocycles. The molecule has 0 radical (unpaired) electrons. The average molecular weight is 481 g/mol. The summed E-state index contributed by atoms with van der Waals surface area (Å²) in [5.74, 6) is 0.595. The summed E-state index contributed by atoms with van der Waals surface area (Å²) >= 11 is 0. The normalized spacial score (nSPS) is 16.6. The lowest BCUT2D eigenvalue weighted by atomic mass is 9.99. The number of ether oxygens (including phenoxy) is 1. The van der Waals surface area contributed by atoms with E-state index < -0.39 is 6.10 Å². The van der Waals surface area contributed by atoms with E-state index in [-0.39, 0.29) is 36.0 Å². The van der Waals surface area contributed by atoms with E-state index in [2.05, 4.69) is 10.6 Å². The smallest absolute Gasteiger partial charge is 0.329 e. The van der Waals surface area contributed by atoms with Gasteiger partial charge in [-0.05, 0) is 57.2 Å². The lowest BCUT2D eigenvalue weighted by Crippen LogP contribution is -2.43. The number of nitrogens with zero attached hydrogens (tertiary/aromatic N) is 2. The van der Waals surface area contributed by atoms with Crippen LogP contribution < -0.4 is 21.1 Å². The van der Waals surface area contributed by atoms with E-state index in [0.29, 0.717) is 35.9 Å². The lowest BCUT2D eigenvalue weighted by molar-refractivity contribution is -0.118. The van der Waals surface area contributed by atoms with Gasteiger partial charge in [0.05, 0.1) is 22.8 Å². The fourth-order valence-electron chi connectivity index (χ4n) is 4.65. The Hall–Kier alpha value is -3.30. The minimum absolute atomic E-state index is 0.0273. The highest BCUT2D eigenvalue weighted by atomic mass is 16.5. The number of hydrogen-bond acceptors (Lipinski definition) is 6. The van der Waals surface area contributed by atoms with Crippen LogP contribution in [0, 0.1) is 5.92 Å². The number of phenols is 1. The molecule has 1 amide bonds. The molecule has 1 unspecified atom stereocenters. The summed E-state index contributed by atoms with van der Waals surface area (Å²) in [5, 5.41) is 26.9. The van der Waals surface area contributed by atoms with Gasteiger partial charge in [-0.15, -0.1) is 0 Å². The monoisotopic (exact) mass is 480 g/mol. The van der Waals surface area contributed by atoms with Crippen LogP contribution >= 0.6 is 0 Å². The van der Waals surface area contributed by atoms with Gasteiger partial charge in [0.2, 0.25) is 0 Å². The van der Waals surface area contributed by atoms with Crippen LogP contribution in [0.4, 0.5) is 5.69 Å². The van der Waals surface area contributed by atoms with Gasteiger partial charge in [-0.3, -0.25) is 13.9 Å². The van der Waals surface area contributed by atoms with Crippen LogP contribution in [0.15, 0.2) is 41.2 Å². The summed E-state index contributed by atoms with van der Waals surface area (Å²) < 4.78 is 9.27. The van der Waals surface area contributed by atoms with Gasteiger partial charge in [0.1, 0.15) is 11.5 Å². The molecule has 0 saturated heterocycles. The first-order valence-corrected chi connectivity index (χ1v) is 12.1. The fourth-order valence-corrected chi connectivity index (χ4v) is 4.65. The molecule has 1 fully saturated rings. The third-order valence-electron chi connectivity index (χ3n) is 6.88. The summed E-state index contributed by atoms with van der Waals surface area (Å²) in [6, 6.07) is 10.8. The fraction of sp³-hybridized carbons (Fsp3) is 0.462. The second-order valence-corrected chi connectivity index (χ2v) is 10.3. The molecule has 3 aromatic rings. The largest absolute Gasteiger partial charge is 0.508 e. The Morgan fingerprint density at radius 1 is 1.17 bits per heavy atom. The first-order valence-electron chi connectivity index (χ1n) is 12.1. The van der Waals surface area contributed by atoms with Gasteiger partial charge in [0.15, 0.2) is 6.61 Å². The molecular formula is C26H32N4O5. The number of nitrogens with one attached hydrogen (secondary N) is 2. The maximum Gasteiger partial charge on any atom is 0.329 e. The molecule has 9 heteroatoms. The number of imidazole rings is 1. The van der Waals surface area contributed by atoms with E-state index in [1.165, 1.54) is 25.0 Å².